The summed E-state index contributed by atoms with van der Waals surface area (Å²) in [5.74, 6) is -1.76. The molecule has 7 nitrogen and oxygen atoms in total. The summed E-state index contributed by atoms with van der Waals surface area (Å²) in [7, 11) is -4.18. The van der Waals surface area contributed by atoms with Gasteiger partial charge in [0, 0.05) is 50.9 Å². The van der Waals surface area contributed by atoms with Gasteiger partial charge in [-0.2, -0.15) is 4.31 Å². The van der Waals surface area contributed by atoms with Crippen molar-refractivity contribution in [2.24, 2.45) is 0 Å². The molecular formula is C31H39F2N3O4S. The van der Waals surface area contributed by atoms with Crippen LogP contribution in [0, 0.1) is 11.6 Å². The predicted molar refractivity (Wildman–Crippen MR) is 156 cm³/mol. The highest BCUT2D eigenvalue weighted by molar-refractivity contribution is 7.89. The van der Waals surface area contributed by atoms with Gasteiger partial charge in [0.15, 0.2) is 0 Å². The Morgan fingerprint density at radius 3 is 2.17 bits per heavy atom. The molecule has 2 N–H and O–H groups in total. The average molecular weight is 588 g/mol. The number of nitrogens with one attached hydrogen (secondary N) is 1. The first-order valence-corrected chi connectivity index (χ1v) is 15.3. The lowest BCUT2D eigenvalue weighted by atomic mass is 10.1. The molecule has 10 heteroatoms. The molecule has 222 valence electrons. The van der Waals surface area contributed by atoms with Gasteiger partial charge in [-0.3, -0.25) is 4.79 Å². The van der Waals surface area contributed by atoms with E-state index >= 15 is 0 Å². The molecule has 3 aromatic rings. The third kappa shape index (κ3) is 9.71. The van der Waals surface area contributed by atoms with Crippen molar-refractivity contribution in [3.63, 3.8) is 0 Å². The van der Waals surface area contributed by atoms with Crippen molar-refractivity contribution >= 4 is 15.9 Å². The van der Waals surface area contributed by atoms with Crippen molar-refractivity contribution in [2.75, 3.05) is 32.7 Å². The number of amides is 1. The van der Waals surface area contributed by atoms with Crippen LogP contribution in [0.15, 0.2) is 77.7 Å². The molecule has 0 radical (unpaired) electrons. The molecular weight excluding hydrogens is 548 g/mol. The first-order chi connectivity index (χ1) is 19.6. The monoisotopic (exact) mass is 587 g/mol. The largest absolute Gasteiger partial charge is 0.390 e. The zero-order chi connectivity index (χ0) is 29.8. The lowest BCUT2D eigenvalue weighted by molar-refractivity contribution is 0.0755. The van der Waals surface area contributed by atoms with Crippen LogP contribution in [0.4, 0.5) is 8.78 Å². The van der Waals surface area contributed by atoms with E-state index in [-0.39, 0.29) is 48.0 Å². The van der Waals surface area contributed by atoms with Gasteiger partial charge in [0.05, 0.1) is 11.0 Å². The highest BCUT2D eigenvalue weighted by Gasteiger charge is 2.28. The van der Waals surface area contributed by atoms with Gasteiger partial charge in [-0.1, -0.05) is 50.2 Å². The number of hydrogen-bond donors (Lipinski definition) is 2. The SMILES string of the molecule is CCCN(CCC)C(=O)c1cccc(S(=O)(=O)N(CCc2cc(F)cc(F)c2)C[C@@H](O)CNCc2ccccc2)c1. The van der Waals surface area contributed by atoms with E-state index in [1.165, 1.54) is 18.2 Å². The number of halogens is 2. The van der Waals surface area contributed by atoms with Crippen LogP contribution in [0.2, 0.25) is 0 Å². The highest BCUT2D eigenvalue weighted by atomic mass is 32.2. The number of carbonyl (C=O) groups is 1. The number of nitrogens with zero attached hydrogens (tertiary/aromatic N) is 2. The predicted octanol–water partition coefficient (Wildman–Crippen LogP) is 4.61. The Morgan fingerprint density at radius 1 is 0.878 bits per heavy atom. The molecule has 0 aromatic heterocycles. The zero-order valence-electron chi connectivity index (χ0n) is 23.6. The molecule has 41 heavy (non-hydrogen) atoms. The van der Waals surface area contributed by atoms with Crippen LogP contribution in [0.5, 0.6) is 0 Å². The van der Waals surface area contributed by atoms with Crippen LogP contribution < -0.4 is 5.32 Å². The molecule has 1 atom stereocenters. The standard InChI is InChI=1S/C31H39F2N3O4S/c1-3-14-35(15-4-2)31(38)26-11-8-12-30(19-26)41(39,40)36(16-13-25-17-27(32)20-28(33)18-25)23-29(37)22-34-21-24-9-6-5-7-10-24/h5-12,17-20,29,34,37H,3-4,13-16,21-23H2,1-2H3/t29-/m0/s1. The number of carbonyl (C=O) groups excluding carboxylic acids is 1. The smallest absolute Gasteiger partial charge is 0.253 e. The van der Waals surface area contributed by atoms with E-state index in [0.717, 1.165) is 40.9 Å². The van der Waals surface area contributed by atoms with Gasteiger partial charge in [0.25, 0.3) is 5.91 Å². The summed E-state index contributed by atoms with van der Waals surface area (Å²) >= 11 is 0. The van der Waals surface area contributed by atoms with E-state index < -0.39 is 27.8 Å². The molecule has 0 fully saturated rings. The summed E-state index contributed by atoms with van der Waals surface area (Å²) in [5, 5.41) is 13.9. The van der Waals surface area contributed by atoms with Crippen LogP contribution in [0.1, 0.15) is 48.2 Å². The summed E-state index contributed by atoms with van der Waals surface area (Å²) in [4.78, 5) is 14.8. The maximum atomic E-state index is 13.8. The van der Waals surface area contributed by atoms with Gasteiger partial charge in [-0.15, -0.1) is 0 Å². The van der Waals surface area contributed by atoms with Gasteiger partial charge in [0.1, 0.15) is 11.6 Å². The minimum atomic E-state index is -4.18. The molecule has 0 saturated carbocycles. The van der Waals surface area contributed by atoms with Crippen molar-refractivity contribution in [1.82, 2.24) is 14.5 Å². The first-order valence-electron chi connectivity index (χ1n) is 13.9. The van der Waals surface area contributed by atoms with Crippen LogP contribution in [-0.2, 0) is 23.0 Å². The number of sulfonamides is 1. The lowest BCUT2D eigenvalue weighted by Crippen LogP contribution is -2.42. The topological polar surface area (TPSA) is 90.0 Å². The van der Waals surface area contributed by atoms with E-state index in [1.807, 2.05) is 44.2 Å². The normalized spacial score (nSPS) is 12.4. The highest BCUT2D eigenvalue weighted by Crippen LogP contribution is 2.20. The Morgan fingerprint density at radius 2 is 1.54 bits per heavy atom. The van der Waals surface area contributed by atoms with Crippen molar-refractivity contribution in [1.29, 1.82) is 0 Å². The molecule has 0 spiro atoms. The molecule has 0 unspecified atom stereocenters. The molecule has 0 saturated heterocycles. The number of aliphatic hydroxyl groups excluding tert-OH is 1. The second kappa shape index (κ2) is 15.7. The quantitative estimate of drug-likeness (QED) is 0.256. The van der Waals surface area contributed by atoms with Crippen LogP contribution >= 0.6 is 0 Å². The first kappa shape index (κ1) is 32.3. The van der Waals surface area contributed by atoms with E-state index in [2.05, 4.69) is 5.32 Å². The fourth-order valence-electron chi connectivity index (χ4n) is 4.57. The van der Waals surface area contributed by atoms with Gasteiger partial charge < -0.3 is 15.3 Å². The number of benzene rings is 3. The second-order valence-electron chi connectivity index (χ2n) is 9.98. The van der Waals surface area contributed by atoms with Crippen molar-refractivity contribution in [3.8, 4) is 0 Å². The number of aliphatic hydroxyl groups is 1. The molecule has 1 amide bonds. The Hall–Kier alpha value is -3.18. The minimum Gasteiger partial charge on any atom is -0.390 e. The van der Waals surface area contributed by atoms with Crippen LogP contribution in [0.3, 0.4) is 0 Å². The van der Waals surface area contributed by atoms with Crippen LogP contribution in [0.25, 0.3) is 0 Å². The third-order valence-electron chi connectivity index (χ3n) is 6.53. The summed E-state index contributed by atoms with van der Waals surface area (Å²) in [5.41, 5.74) is 1.56. The fraction of sp³-hybridized carbons (Fsp3) is 0.387. The maximum Gasteiger partial charge on any atom is 0.253 e. The summed E-state index contributed by atoms with van der Waals surface area (Å²) in [6.45, 7) is 5.29. The average Bonchev–Trinajstić information content (AvgIpc) is 2.95. The number of rotatable bonds is 16. The minimum absolute atomic E-state index is 0.0253. The molecule has 0 aliphatic carbocycles. The van der Waals surface area contributed by atoms with E-state index in [0.29, 0.717) is 19.6 Å². The Kier molecular flexibility index (Phi) is 12.4. The molecule has 0 aliphatic rings. The molecule has 3 aromatic carbocycles. The van der Waals surface area contributed by atoms with Crippen molar-refractivity contribution < 1.29 is 27.1 Å². The molecule has 0 aliphatic heterocycles. The maximum absolute atomic E-state index is 13.8. The van der Waals surface area contributed by atoms with E-state index in [9.17, 15) is 27.1 Å². The Bertz CT molecular complexity index is 1350. The number of hydrogen-bond acceptors (Lipinski definition) is 5. The van der Waals surface area contributed by atoms with Gasteiger partial charge in [0.2, 0.25) is 10.0 Å². The Labute approximate surface area is 241 Å². The van der Waals surface area contributed by atoms with Crippen LogP contribution in [-0.4, -0.2) is 67.5 Å². The second-order valence-corrected chi connectivity index (χ2v) is 11.9. The van der Waals surface area contributed by atoms with E-state index in [1.54, 1.807) is 11.0 Å². The summed E-state index contributed by atoms with van der Waals surface area (Å²) in [6, 6.07) is 18.5. The van der Waals surface area contributed by atoms with E-state index in [4.69, 9.17) is 0 Å². The van der Waals surface area contributed by atoms with Gasteiger partial charge in [-0.25, -0.2) is 17.2 Å². The van der Waals surface area contributed by atoms with Crippen molar-refractivity contribution in [2.45, 2.75) is 50.7 Å². The fourth-order valence-corrected chi connectivity index (χ4v) is 6.10. The zero-order valence-corrected chi connectivity index (χ0v) is 24.4. The van der Waals surface area contributed by atoms with Gasteiger partial charge in [-0.05, 0) is 60.7 Å². The summed E-state index contributed by atoms with van der Waals surface area (Å²) < 4.78 is 56.3. The Balaban J connectivity index is 1.82. The van der Waals surface area contributed by atoms with Crippen molar-refractivity contribution in [3.05, 3.63) is 101 Å². The summed E-state index contributed by atoms with van der Waals surface area (Å²) in [6.07, 6.45) is 0.507. The molecule has 0 heterocycles. The molecule has 3 rings (SSSR count). The van der Waals surface area contributed by atoms with Gasteiger partial charge >= 0.3 is 0 Å². The molecule has 0 bridgehead atoms. The lowest BCUT2D eigenvalue weighted by Gasteiger charge is -2.26. The third-order valence-corrected chi connectivity index (χ3v) is 8.39.